The van der Waals surface area contributed by atoms with Crippen LogP contribution in [0.2, 0.25) is 0 Å². The Hall–Kier alpha value is -1.40. The Labute approximate surface area is 130 Å². The van der Waals surface area contributed by atoms with Crippen LogP contribution >= 0.6 is 0 Å². The van der Waals surface area contributed by atoms with Gasteiger partial charge in [-0.25, -0.2) is 0 Å². The Balaban J connectivity index is 1.56. The Kier molecular flexibility index (Phi) is 4.23. The SMILES string of the molecule is CCOC1CC(O)C12CCN(C(=O)Cc1cc(C)on1)CC2. The number of aliphatic hydroxyl groups is 1. The molecular formula is C16H24N2O4. The highest BCUT2D eigenvalue weighted by atomic mass is 16.5. The van der Waals surface area contributed by atoms with E-state index in [0.717, 1.165) is 25.0 Å². The van der Waals surface area contributed by atoms with Gasteiger partial charge in [-0.3, -0.25) is 4.79 Å². The van der Waals surface area contributed by atoms with Crippen molar-refractivity contribution in [2.24, 2.45) is 5.41 Å². The van der Waals surface area contributed by atoms with Crippen molar-refractivity contribution in [3.8, 4) is 0 Å². The van der Waals surface area contributed by atoms with E-state index in [1.165, 1.54) is 0 Å². The third-order valence-corrected chi connectivity index (χ3v) is 5.17. The van der Waals surface area contributed by atoms with Gasteiger partial charge in [0.1, 0.15) is 5.76 Å². The molecule has 1 aliphatic heterocycles. The maximum Gasteiger partial charge on any atom is 0.228 e. The second kappa shape index (κ2) is 6.01. The summed E-state index contributed by atoms with van der Waals surface area (Å²) in [6, 6.07) is 1.80. The number of aliphatic hydroxyl groups excluding tert-OH is 1. The van der Waals surface area contributed by atoms with Gasteiger partial charge in [0, 0.05) is 37.6 Å². The Morgan fingerprint density at radius 2 is 2.27 bits per heavy atom. The van der Waals surface area contributed by atoms with Crippen LogP contribution in [-0.2, 0) is 16.0 Å². The van der Waals surface area contributed by atoms with Gasteiger partial charge >= 0.3 is 0 Å². The van der Waals surface area contributed by atoms with Gasteiger partial charge in [0.15, 0.2) is 0 Å². The van der Waals surface area contributed by atoms with E-state index < -0.39 is 0 Å². The minimum Gasteiger partial charge on any atom is -0.392 e. The zero-order valence-corrected chi connectivity index (χ0v) is 13.2. The first kappa shape index (κ1) is 15.5. The summed E-state index contributed by atoms with van der Waals surface area (Å²) in [7, 11) is 0. The largest absolute Gasteiger partial charge is 0.392 e. The lowest BCUT2D eigenvalue weighted by molar-refractivity contribution is -0.210. The number of carbonyl (C=O) groups excluding carboxylic acids is 1. The van der Waals surface area contributed by atoms with Gasteiger partial charge in [-0.1, -0.05) is 5.16 Å². The molecule has 1 spiro atoms. The molecule has 1 aromatic heterocycles. The van der Waals surface area contributed by atoms with Crippen molar-refractivity contribution in [3.05, 3.63) is 17.5 Å². The minimum atomic E-state index is -0.292. The van der Waals surface area contributed by atoms with Crippen molar-refractivity contribution in [1.82, 2.24) is 10.1 Å². The first-order valence-electron chi connectivity index (χ1n) is 8.05. The normalized spacial score (nSPS) is 27.0. The van der Waals surface area contributed by atoms with Crippen molar-refractivity contribution < 1.29 is 19.2 Å². The number of ether oxygens (including phenoxy) is 1. The van der Waals surface area contributed by atoms with Crippen LogP contribution in [0.4, 0.5) is 0 Å². The number of likely N-dealkylation sites (tertiary alicyclic amines) is 1. The van der Waals surface area contributed by atoms with E-state index in [9.17, 15) is 9.90 Å². The zero-order valence-electron chi connectivity index (χ0n) is 13.2. The van der Waals surface area contributed by atoms with Gasteiger partial charge in [0.05, 0.1) is 24.3 Å². The van der Waals surface area contributed by atoms with E-state index in [1.54, 1.807) is 6.07 Å². The maximum atomic E-state index is 12.3. The number of aromatic nitrogens is 1. The fourth-order valence-corrected chi connectivity index (χ4v) is 3.76. The van der Waals surface area contributed by atoms with Crippen molar-refractivity contribution in [2.75, 3.05) is 19.7 Å². The van der Waals surface area contributed by atoms with Crippen LogP contribution in [-0.4, -0.2) is 53.0 Å². The Morgan fingerprint density at radius 1 is 1.55 bits per heavy atom. The molecule has 22 heavy (non-hydrogen) atoms. The average Bonchev–Trinajstić information content (AvgIpc) is 2.92. The molecule has 6 heteroatoms. The smallest absolute Gasteiger partial charge is 0.228 e. The molecule has 2 atom stereocenters. The van der Waals surface area contributed by atoms with Gasteiger partial charge < -0.3 is 19.3 Å². The molecule has 0 radical (unpaired) electrons. The lowest BCUT2D eigenvalue weighted by Gasteiger charge is -2.56. The molecule has 1 aliphatic carbocycles. The second-order valence-electron chi connectivity index (χ2n) is 6.42. The third kappa shape index (κ3) is 2.65. The van der Waals surface area contributed by atoms with E-state index >= 15 is 0 Å². The highest BCUT2D eigenvalue weighted by molar-refractivity contribution is 5.78. The number of nitrogens with zero attached hydrogens (tertiary/aromatic N) is 2. The van der Waals surface area contributed by atoms with E-state index in [0.29, 0.717) is 25.4 Å². The van der Waals surface area contributed by atoms with Crippen LogP contribution in [0, 0.1) is 12.3 Å². The van der Waals surface area contributed by atoms with Gasteiger partial charge in [-0.15, -0.1) is 0 Å². The van der Waals surface area contributed by atoms with Crippen LogP contribution in [0.25, 0.3) is 0 Å². The molecule has 2 heterocycles. The lowest BCUT2D eigenvalue weighted by Crippen LogP contribution is -2.62. The zero-order chi connectivity index (χ0) is 15.7. The summed E-state index contributed by atoms with van der Waals surface area (Å²) in [5.74, 6) is 0.794. The van der Waals surface area contributed by atoms with Gasteiger partial charge in [0.25, 0.3) is 0 Å². The molecule has 1 saturated carbocycles. The van der Waals surface area contributed by atoms with E-state index in [2.05, 4.69) is 5.16 Å². The fourth-order valence-electron chi connectivity index (χ4n) is 3.76. The van der Waals surface area contributed by atoms with Crippen molar-refractivity contribution in [3.63, 3.8) is 0 Å². The molecular weight excluding hydrogens is 284 g/mol. The van der Waals surface area contributed by atoms with Gasteiger partial charge in [-0.2, -0.15) is 0 Å². The van der Waals surface area contributed by atoms with E-state index in [-0.39, 0.29) is 30.0 Å². The standard InChI is InChI=1S/C16H24N2O4/c1-3-21-14-10-13(19)16(14)4-6-18(7-5-16)15(20)9-12-8-11(2)22-17-12/h8,13-14,19H,3-7,9-10H2,1-2H3. The van der Waals surface area contributed by atoms with E-state index in [4.69, 9.17) is 9.26 Å². The highest BCUT2D eigenvalue weighted by Gasteiger charge is 2.56. The summed E-state index contributed by atoms with van der Waals surface area (Å²) in [6.45, 7) is 5.83. The number of hydrogen-bond donors (Lipinski definition) is 1. The third-order valence-electron chi connectivity index (χ3n) is 5.17. The number of rotatable bonds is 4. The van der Waals surface area contributed by atoms with E-state index in [1.807, 2.05) is 18.7 Å². The number of carbonyl (C=O) groups is 1. The number of aryl methyl sites for hydroxylation is 1. The predicted molar refractivity (Wildman–Crippen MR) is 79.2 cm³/mol. The molecule has 6 nitrogen and oxygen atoms in total. The molecule has 3 rings (SSSR count). The summed E-state index contributed by atoms with van der Waals surface area (Å²) in [6.07, 6.45) is 2.47. The van der Waals surface area contributed by atoms with Crippen molar-refractivity contribution in [2.45, 2.75) is 51.7 Å². The summed E-state index contributed by atoms with van der Waals surface area (Å²) in [4.78, 5) is 14.2. The molecule has 2 fully saturated rings. The Morgan fingerprint density at radius 3 is 2.82 bits per heavy atom. The summed E-state index contributed by atoms with van der Waals surface area (Å²) in [5, 5.41) is 14.0. The summed E-state index contributed by atoms with van der Waals surface area (Å²) >= 11 is 0. The topological polar surface area (TPSA) is 75.8 Å². The summed E-state index contributed by atoms with van der Waals surface area (Å²) in [5.41, 5.74) is 0.538. The molecule has 1 amide bonds. The number of piperidine rings is 1. The van der Waals surface area contributed by atoms with Crippen LogP contribution in [0.1, 0.15) is 37.6 Å². The lowest BCUT2D eigenvalue weighted by atomic mass is 9.58. The quantitative estimate of drug-likeness (QED) is 0.907. The van der Waals surface area contributed by atoms with Crippen molar-refractivity contribution in [1.29, 1.82) is 0 Å². The second-order valence-corrected chi connectivity index (χ2v) is 6.42. The first-order chi connectivity index (χ1) is 10.5. The molecule has 122 valence electrons. The maximum absolute atomic E-state index is 12.3. The molecule has 2 unspecified atom stereocenters. The average molecular weight is 308 g/mol. The van der Waals surface area contributed by atoms with Gasteiger partial charge in [0.2, 0.25) is 5.91 Å². The van der Waals surface area contributed by atoms with Gasteiger partial charge in [-0.05, 0) is 26.7 Å². The highest BCUT2D eigenvalue weighted by Crippen LogP contribution is 2.50. The minimum absolute atomic E-state index is 0.0740. The fraction of sp³-hybridized carbons (Fsp3) is 0.750. The number of hydrogen-bond acceptors (Lipinski definition) is 5. The predicted octanol–water partition coefficient (Wildman–Crippen LogP) is 1.30. The van der Waals surface area contributed by atoms with Crippen LogP contribution < -0.4 is 0 Å². The van der Waals surface area contributed by atoms with Crippen LogP contribution in [0.3, 0.4) is 0 Å². The molecule has 2 aliphatic rings. The summed E-state index contributed by atoms with van der Waals surface area (Å²) < 4.78 is 10.7. The van der Waals surface area contributed by atoms with Crippen LogP contribution in [0.5, 0.6) is 0 Å². The molecule has 1 N–H and O–H groups in total. The Bertz CT molecular complexity index is 532. The molecule has 0 aromatic carbocycles. The van der Waals surface area contributed by atoms with Crippen molar-refractivity contribution >= 4 is 5.91 Å². The number of amides is 1. The molecule has 1 saturated heterocycles. The van der Waals surface area contributed by atoms with Crippen LogP contribution in [0.15, 0.2) is 10.6 Å². The monoisotopic (exact) mass is 308 g/mol. The molecule has 1 aromatic rings. The first-order valence-corrected chi connectivity index (χ1v) is 8.05. The molecule has 0 bridgehead atoms.